The van der Waals surface area contributed by atoms with Crippen molar-refractivity contribution in [2.45, 2.75) is 45.6 Å². The van der Waals surface area contributed by atoms with Crippen molar-refractivity contribution in [1.29, 1.82) is 0 Å². The van der Waals surface area contributed by atoms with Crippen LogP contribution < -0.4 is 5.32 Å². The average Bonchev–Trinajstić information content (AvgIpc) is 2.77. The molecule has 0 aromatic heterocycles. The standard InChI is InChI=1S/C14H28N2O2.ClH/c1-12(2)7-10-18-13-6-9-16(11-13)14(17)5-4-8-15-3;/h12-13,15H,4-11H2,1-3H3;1H. The van der Waals surface area contributed by atoms with Crippen LogP contribution in [0.15, 0.2) is 0 Å². The third-order valence-electron chi connectivity index (χ3n) is 3.36. The van der Waals surface area contributed by atoms with Crippen LogP contribution in [0.5, 0.6) is 0 Å². The third-order valence-corrected chi connectivity index (χ3v) is 3.36. The maximum atomic E-state index is 11.9. The first-order valence-corrected chi connectivity index (χ1v) is 7.17. The van der Waals surface area contributed by atoms with Crippen molar-refractivity contribution in [3.05, 3.63) is 0 Å². The lowest BCUT2D eigenvalue weighted by Gasteiger charge is -2.17. The van der Waals surface area contributed by atoms with Gasteiger partial charge in [0.15, 0.2) is 0 Å². The first-order valence-electron chi connectivity index (χ1n) is 7.17. The number of hydrogen-bond donors (Lipinski definition) is 1. The number of rotatable bonds is 8. The average molecular weight is 293 g/mol. The summed E-state index contributed by atoms with van der Waals surface area (Å²) in [6.07, 6.45) is 3.93. The Morgan fingerprint density at radius 3 is 2.84 bits per heavy atom. The largest absolute Gasteiger partial charge is 0.376 e. The molecule has 1 rings (SSSR count). The topological polar surface area (TPSA) is 41.6 Å². The number of likely N-dealkylation sites (tertiary alicyclic amines) is 1. The summed E-state index contributed by atoms with van der Waals surface area (Å²) in [6.45, 7) is 7.80. The molecule has 1 amide bonds. The van der Waals surface area contributed by atoms with E-state index >= 15 is 0 Å². The Kier molecular flexibility index (Phi) is 10.3. The van der Waals surface area contributed by atoms with Crippen molar-refractivity contribution in [2.75, 3.05) is 33.3 Å². The lowest BCUT2D eigenvalue weighted by atomic mass is 10.1. The highest BCUT2D eigenvalue weighted by atomic mass is 35.5. The second kappa shape index (κ2) is 10.5. The lowest BCUT2D eigenvalue weighted by Crippen LogP contribution is -2.30. The number of carbonyl (C=O) groups excluding carboxylic acids is 1. The quantitative estimate of drug-likeness (QED) is 0.697. The van der Waals surface area contributed by atoms with Crippen LogP contribution in [0.3, 0.4) is 0 Å². The highest BCUT2D eigenvalue weighted by Crippen LogP contribution is 2.15. The molecule has 1 atom stereocenters. The van der Waals surface area contributed by atoms with Crippen LogP contribution in [0.25, 0.3) is 0 Å². The molecule has 1 unspecified atom stereocenters. The van der Waals surface area contributed by atoms with Gasteiger partial charge in [-0.3, -0.25) is 4.79 Å². The fourth-order valence-corrected chi connectivity index (χ4v) is 2.14. The van der Waals surface area contributed by atoms with E-state index in [0.29, 0.717) is 12.3 Å². The van der Waals surface area contributed by atoms with Gasteiger partial charge < -0.3 is 15.0 Å². The van der Waals surface area contributed by atoms with Gasteiger partial charge in [0.2, 0.25) is 5.91 Å². The molecular formula is C14H29ClN2O2. The van der Waals surface area contributed by atoms with Crippen LogP contribution in [0.4, 0.5) is 0 Å². The minimum absolute atomic E-state index is 0. The minimum Gasteiger partial charge on any atom is -0.376 e. The molecule has 0 radical (unpaired) electrons. The van der Waals surface area contributed by atoms with E-state index in [2.05, 4.69) is 19.2 Å². The molecule has 19 heavy (non-hydrogen) atoms. The normalized spacial score (nSPS) is 18.7. The molecule has 0 aromatic carbocycles. The number of ether oxygens (including phenoxy) is 1. The second-order valence-electron chi connectivity index (χ2n) is 5.51. The van der Waals surface area contributed by atoms with Crippen molar-refractivity contribution in [2.24, 2.45) is 5.92 Å². The van der Waals surface area contributed by atoms with E-state index in [9.17, 15) is 4.79 Å². The predicted molar refractivity (Wildman–Crippen MR) is 80.8 cm³/mol. The minimum atomic E-state index is 0. The summed E-state index contributed by atoms with van der Waals surface area (Å²) in [5, 5.41) is 3.07. The van der Waals surface area contributed by atoms with Gasteiger partial charge >= 0.3 is 0 Å². The zero-order valence-electron chi connectivity index (χ0n) is 12.5. The van der Waals surface area contributed by atoms with Gasteiger partial charge in [-0.25, -0.2) is 0 Å². The Labute approximate surface area is 123 Å². The number of nitrogens with one attached hydrogen (secondary N) is 1. The molecule has 0 bridgehead atoms. The van der Waals surface area contributed by atoms with E-state index in [4.69, 9.17) is 4.74 Å². The Hall–Kier alpha value is -0.320. The molecule has 0 saturated carbocycles. The summed E-state index contributed by atoms with van der Waals surface area (Å²) in [7, 11) is 1.92. The summed E-state index contributed by atoms with van der Waals surface area (Å²) >= 11 is 0. The van der Waals surface area contributed by atoms with Crippen LogP contribution in [0.2, 0.25) is 0 Å². The van der Waals surface area contributed by atoms with Crippen molar-refractivity contribution in [3.63, 3.8) is 0 Å². The summed E-state index contributed by atoms with van der Waals surface area (Å²) in [5.74, 6) is 0.964. The van der Waals surface area contributed by atoms with Gasteiger partial charge in [-0.05, 0) is 38.8 Å². The van der Waals surface area contributed by atoms with Crippen molar-refractivity contribution in [1.82, 2.24) is 10.2 Å². The fourth-order valence-electron chi connectivity index (χ4n) is 2.14. The zero-order valence-corrected chi connectivity index (χ0v) is 13.3. The number of carbonyl (C=O) groups is 1. The molecule has 0 aliphatic carbocycles. The maximum absolute atomic E-state index is 11.9. The lowest BCUT2D eigenvalue weighted by molar-refractivity contribution is -0.130. The number of nitrogens with zero attached hydrogens (tertiary/aromatic N) is 1. The zero-order chi connectivity index (χ0) is 13.4. The smallest absolute Gasteiger partial charge is 0.222 e. The van der Waals surface area contributed by atoms with Gasteiger partial charge in [0.25, 0.3) is 0 Å². The first kappa shape index (κ1) is 18.7. The predicted octanol–water partition coefficient (Wildman–Crippen LogP) is 2.07. The molecule has 5 heteroatoms. The van der Waals surface area contributed by atoms with E-state index < -0.39 is 0 Å². The SMILES string of the molecule is CNCCCC(=O)N1CCC(OCCC(C)C)C1.Cl. The molecule has 1 fully saturated rings. The van der Waals surface area contributed by atoms with Crippen LogP contribution in [-0.4, -0.2) is 50.2 Å². The molecule has 0 spiro atoms. The van der Waals surface area contributed by atoms with E-state index in [1.54, 1.807) is 0 Å². The molecule has 1 aliphatic heterocycles. The van der Waals surface area contributed by atoms with Crippen LogP contribution in [0.1, 0.15) is 39.5 Å². The van der Waals surface area contributed by atoms with Gasteiger partial charge in [-0.15, -0.1) is 12.4 Å². The summed E-state index contributed by atoms with van der Waals surface area (Å²) in [5.41, 5.74) is 0. The first-order chi connectivity index (χ1) is 8.63. The molecule has 1 aliphatic rings. The highest BCUT2D eigenvalue weighted by molar-refractivity contribution is 5.85. The van der Waals surface area contributed by atoms with Crippen molar-refractivity contribution >= 4 is 18.3 Å². The number of halogens is 1. The number of hydrogen-bond acceptors (Lipinski definition) is 3. The molecular weight excluding hydrogens is 264 g/mol. The molecule has 1 heterocycles. The van der Waals surface area contributed by atoms with E-state index in [0.717, 1.165) is 45.5 Å². The van der Waals surface area contributed by atoms with Crippen LogP contribution in [0, 0.1) is 5.92 Å². The van der Waals surface area contributed by atoms with E-state index in [1.165, 1.54) is 0 Å². The second-order valence-corrected chi connectivity index (χ2v) is 5.51. The molecule has 1 N–H and O–H groups in total. The van der Waals surface area contributed by atoms with E-state index in [1.807, 2.05) is 11.9 Å². The summed E-state index contributed by atoms with van der Waals surface area (Å²) in [4.78, 5) is 13.8. The summed E-state index contributed by atoms with van der Waals surface area (Å²) < 4.78 is 5.81. The maximum Gasteiger partial charge on any atom is 0.222 e. The van der Waals surface area contributed by atoms with Gasteiger partial charge in [0, 0.05) is 26.1 Å². The Bertz CT molecular complexity index is 250. The molecule has 114 valence electrons. The molecule has 0 aromatic rings. The third kappa shape index (κ3) is 7.75. The number of amides is 1. The van der Waals surface area contributed by atoms with Gasteiger partial charge in [0.1, 0.15) is 0 Å². The highest BCUT2D eigenvalue weighted by Gasteiger charge is 2.26. The monoisotopic (exact) mass is 292 g/mol. The fraction of sp³-hybridized carbons (Fsp3) is 0.929. The van der Waals surface area contributed by atoms with Crippen molar-refractivity contribution < 1.29 is 9.53 Å². The Morgan fingerprint density at radius 1 is 1.47 bits per heavy atom. The van der Waals surface area contributed by atoms with Gasteiger partial charge in [-0.2, -0.15) is 0 Å². The van der Waals surface area contributed by atoms with Crippen molar-refractivity contribution in [3.8, 4) is 0 Å². The van der Waals surface area contributed by atoms with Gasteiger partial charge in [-0.1, -0.05) is 13.8 Å². The van der Waals surface area contributed by atoms with Gasteiger partial charge in [0.05, 0.1) is 6.10 Å². The Morgan fingerprint density at radius 2 is 2.21 bits per heavy atom. The van der Waals surface area contributed by atoms with Crippen LogP contribution in [-0.2, 0) is 9.53 Å². The van der Waals surface area contributed by atoms with Crippen LogP contribution >= 0.6 is 12.4 Å². The van der Waals surface area contributed by atoms with E-state index in [-0.39, 0.29) is 24.4 Å². The Balaban J connectivity index is 0.00000324. The summed E-state index contributed by atoms with van der Waals surface area (Å²) in [6, 6.07) is 0. The molecule has 4 nitrogen and oxygen atoms in total. The molecule has 1 saturated heterocycles.